The fourth-order valence-corrected chi connectivity index (χ4v) is 4.08. The predicted molar refractivity (Wildman–Crippen MR) is 90.0 cm³/mol. The monoisotopic (exact) mass is 362 g/mol. The Balaban J connectivity index is 2.49. The van der Waals surface area contributed by atoms with Crippen LogP contribution < -0.4 is 10.6 Å². The normalized spacial score (nSPS) is 22.5. The molecular weight excluding hydrogens is 336 g/mol. The van der Waals surface area contributed by atoms with E-state index in [9.17, 15) is 14.4 Å². The molecule has 2 N–H and O–H groups in total. The van der Waals surface area contributed by atoms with Crippen LogP contribution in [0.1, 0.15) is 32.6 Å². The van der Waals surface area contributed by atoms with E-state index >= 15 is 0 Å². The zero-order valence-corrected chi connectivity index (χ0v) is 15.1. The van der Waals surface area contributed by atoms with Crippen LogP contribution in [0.4, 0.5) is 9.59 Å². The Labute approximate surface area is 146 Å². The number of amides is 2. The molecule has 138 valence electrons. The molecule has 3 atom stereocenters. The lowest BCUT2D eigenvalue weighted by molar-refractivity contribution is -0.143. The minimum absolute atomic E-state index is 0.133. The molecule has 1 aliphatic heterocycles. The largest absolute Gasteiger partial charge is 0.466 e. The summed E-state index contributed by atoms with van der Waals surface area (Å²) >= 11 is 1.68. The van der Waals surface area contributed by atoms with Gasteiger partial charge in [-0.1, -0.05) is 6.42 Å². The van der Waals surface area contributed by atoms with Gasteiger partial charge in [-0.25, -0.2) is 9.59 Å². The fraction of sp³-hybridized carbons (Fsp3) is 0.800. The molecule has 0 aliphatic carbocycles. The minimum atomic E-state index is -0.532. The highest BCUT2D eigenvalue weighted by molar-refractivity contribution is 8.00. The van der Waals surface area contributed by atoms with Crippen LogP contribution in [-0.4, -0.2) is 62.1 Å². The smallest absolute Gasteiger partial charge is 0.407 e. The first kappa shape index (κ1) is 20.4. The summed E-state index contributed by atoms with van der Waals surface area (Å²) in [5, 5.41) is 5.65. The zero-order valence-electron chi connectivity index (χ0n) is 14.3. The van der Waals surface area contributed by atoms with Crippen molar-refractivity contribution in [1.29, 1.82) is 0 Å². The van der Waals surface area contributed by atoms with E-state index in [2.05, 4.69) is 20.1 Å². The number of unbranched alkanes of at least 4 members (excludes halogenated alkanes) is 1. The van der Waals surface area contributed by atoms with Crippen molar-refractivity contribution in [3.63, 3.8) is 0 Å². The van der Waals surface area contributed by atoms with Crippen molar-refractivity contribution in [3.8, 4) is 0 Å². The molecule has 0 bridgehead atoms. The maximum Gasteiger partial charge on any atom is 0.407 e. The summed E-state index contributed by atoms with van der Waals surface area (Å²) in [4.78, 5) is 34.3. The molecule has 0 spiro atoms. The van der Waals surface area contributed by atoms with Gasteiger partial charge in [0.05, 0.1) is 32.9 Å². The maximum absolute atomic E-state index is 11.6. The second-order valence-electron chi connectivity index (χ2n) is 5.33. The number of carbonyl (C=O) groups excluding carboxylic acids is 3. The van der Waals surface area contributed by atoms with Crippen molar-refractivity contribution < 1.29 is 28.6 Å². The SMILES string of the molecule is CCOC(=O)CCCC[C@@H]1SC[C@H](NC(=O)OC)[C@@H]1NC(=O)OC. The fourth-order valence-electron chi connectivity index (χ4n) is 2.53. The Morgan fingerprint density at radius 2 is 1.75 bits per heavy atom. The predicted octanol–water partition coefficient (Wildman–Crippen LogP) is 1.67. The minimum Gasteiger partial charge on any atom is -0.466 e. The summed E-state index contributed by atoms with van der Waals surface area (Å²) in [7, 11) is 2.60. The van der Waals surface area contributed by atoms with Crippen LogP contribution in [0.2, 0.25) is 0 Å². The Bertz CT molecular complexity index is 434. The molecule has 1 aliphatic rings. The molecule has 1 fully saturated rings. The van der Waals surface area contributed by atoms with Crippen LogP contribution in [0.3, 0.4) is 0 Å². The van der Waals surface area contributed by atoms with Gasteiger partial charge in [-0.3, -0.25) is 4.79 Å². The topological polar surface area (TPSA) is 103 Å². The molecule has 0 radical (unpaired) electrons. The van der Waals surface area contributed by atoms with Gasteiger partial charge in [0, 0.05) is 17.4 Å². The molecule has 1 rings (SSSR count). The first-order chi connectivity index (χ1) is 11.5. The average molecular weight is 362 g/mol. The second-order valence-corrected chi connectivity index (χ2v) is 6.60. The van der Waals surface area contributed by atoms with E-state index in [4.69, 9.17) is 4.74 Å². The number of ether oxygens (including phenoxy) is 3. The maximum atomic E-state index is 11.6. The number of carbonyl (C=O) groups is 3. The summed E-state index contributed by atoms with van der Waals surface area (Å²) in [6, 6.07) is -0.472. The van der Waals surface area contributed by atoms with Crippen LogP contribution in [0.15, 0.2) is 0 Å². The highest BCUT2D eigenvalue weighted by atomic mass is 32.2. The van der Waals surface area contributed by atoms with Gasteiger partial charge in [-0.05, 0) is 19.8 Å². The van der Waals surface area contributed by atoms with Gasteiger partial charge in [0.2, 0.25) is 0 Å². The van der Waals surface area contributed by atoms with Gasteiger partial charge >= 0.3 is 18.2 Å². The summed E-state index contributed by atoms with van der Waals surface area (Å²) < 4.78 is 14.2. The third-order valence-corrected chi connectivity index (χ3v) is 5.22. The van der Waals surface area contributed by atoms with Crippen LogP contribution in [0.25, 0.3) is 0 Å². The highest BCUT2D eigenvalue weighted by Gasteiger charge is 2.38. The molecule has 0 aromatic carbocycles. The lowest BCUT2D eigenvalue weighted by Crippen LogP contribution is -2.53. The van der Waals surface area contributed by atoms with E-state index in [-0.39, 0.29) is 23.3 Å². The van der Waals surface area contributed by atoms with Crippen molar-refractivity contribution in [1.82, 2.24) is 10.6 Å². The average Bonchev–Trinajstić information content (AvgIpc) is 2.93. The summed E-state index contributed by atoms with van der Waals surface area (Å²) in [5.41, 5.74) is 0. The van der Waals surface area contributed by atoms with Gasteiger partial charge in [0.15, 0.2) is 0 Å². The number of nitrogens with one attached hydrogen (secondary N) is 2. The summed E-state index contributed by atoms with van der Waals surface area (Å²) in [6.45, 7) is 2.17. The van der Waals surface area contributed by atoms with E-state index in [1.807, 2.05) is 0 Å². The first-order valence-corrected chi connectivity index (χ1v) is 9.02. The molecule has 8 nitrogen and oxygen atoms in total. The van der Waals surface area contributed by atoms with Crippen LogP contribution in [0, 0.1) is 0 Å². The third-order valence-electron chi connectivity index (χ3n) is 3.71. The zero-order chi connectivity index (χ0) is 17.9. The molecule has 1 saturated heterocycles. The molecule has 1 heterocycles. The quantitative estimate of drug-likeness (QED) is 0.385. The molecule has 0 unspecified atom stereocenters. The molecule has 24 heavy (non-hydrogen) atoms. The van der Waals surface area contributed by atoms with Crippen molar-refractivity contribution >= 4 is 29.9 Å². The number of alkyl carbamates (subject to hydrolysis) is 2. The lowest BCUT2D eigenvalue weighted by Gasteiger charge is -2.24. The van der Waals surface area contributed by atoms with Crippen LogP contribution in [0.5, 0.6) is 0 Å². The van der Waals surface area contributed by atoms with E-state index < -0.39 is 12.2 Å². The number of esters is 1. The standard InChI is InChI=1S/C15H26N2O6S/c1-4-23-12(18)8-6-5-7-11-13(17-15(20)22-3)10(9-24-11)16-14(19)21-2/h10-11,13H,4-9H2,1-3H3,(H,16,19)(H,17,20)/t10-,11-,13-/m0/s1. The number of thioether (sulfide) groups is 1. The van der Waals surface area contributed by atoms with Crippen LogP contribution >= 0.6 is 11.8 Å². The van der Waals surface area contributed by atoms with Crippen molar-refractivity contribution in [2.75, 3.05) is 26.6 Å². The Kier molecular flexibility index (Phi) is 9.36. The molecular formula is C15H26N2O6S. The highest BCUT2D eigenvalue weighted by Crippen LogP contribution is 2.31. The van der Waals surface area contributed by atoms with E-state index in [1.165, 1.54) is 14.2 Å². The molecule has 0 aromatic heterocycles. The number of methoxy groups -OCH3 is 2. The molecule has 0 saturated carbocycles. The first-order valence-electron chi connectivity index (χ1n) is 7.98. The van der Waals surface area contributed by atoms with Crippen molar-refractivity contribution in [2.24, 2.45) is 0 Å². The van der Waals surface area contributed by atoms with E-state index in [0.717, 1.165) is 19.3 Å². The second kappa shape index (κ2) is 11.0. The lowest BCUT2D eigenvalue weighted by atomic mass is 10.0. The van der Waals surface area contributed by atoms with Gasteiger partial charge in [0.1, 0.15) is 0 Å². The summed E-state index contributed by atoms with van der Waals surface area (Å²) in [5.74, 6) is 0.484. The molecule has 9 heteroatoms. The Hall–Kier alpha value is -1.64. The Morgan fingerprint density at radius 3 is 2.38 bits per heavy atom. The van der Waals surface area contributed by atoms with Gasteiger partial charge in [0.25, 0.3) is 0 Å². The van der Waals surface area contributed by atoms with Gasteiger partial charge in [-0.2, -0.15) is 11.8 Å². The molecule has 0 aromatic rings. The van der Waals surface area contributed by atoms with E-state index in [1.54, 1.807) is 18.7 Å². The number of hydrogen-bond acceptors (Lipinski definition) is 7. The Morgan fingerprint density at radius 1 is 1.08 bits per heavy atom. The van der Waals surface area contributed by atoms with Gasteiger partial charge < -0.3 is 24.8 Å². The number of rotatable bonds is 8. The van der Waals surface area contributed by atoms with Gasteiger partial charge in [-0.15, -0.1) is 0 Å². The molecule has 2 amide bonds. The number of hydrogen-bond donors (Lipinski definition) is 2. The van der Waals surface area contributed by atoms with Crippen molar-refractivity contribution in [2.45, 2.75) is 49.9 Å². The van der Waals surface area contributed by atoms with Crippen LogP contribution in [-0.2, 0) is 19.0 Å². The third kappa shape index (κ3) is 6.86. The summed E-state index contributed by atoms with van der Waals surface area (Å²) in [6.07, 6.45) is 1.72. The van der Waals surface area contributed by atoms with Crippen molar-refractivity contribution in [3.05, 3.63) is 0 Å². The van der Waals surface area contributed by atoms with E-state index in [0.29, 0.717) is 18.8 Å².